The summed E-state index contributed by atoms with van der Waals surface area (Å²) < 4.78 is 8.15. The van der Waals surface area contributed by atoms with Gasteiger partial charge >= 0.3 is 0 Å². The average Bonchev–Trinajstić information content (AvgIpc) is 3.08. The van der Waals surface area contributed by atoms with E-state index in [0.717, 1.165) is 31.7 Å². The summed E-state index contributed by atoms with van der Waals surface area (Å²) in [4.78, 5) is 0. The molecule has 2 aliphatic rings. The van der Waals surface area contributed by atoms with Crippen LogP contribution in [0.15, 0.2) is 18.2 Å². The van der Waals surface area contributed by atoms with E-state index in [1.165, 1.54) is 49.1 Å². The number of rotatable bonds is 7. The van der Waals surface area contributed by atoms with Crippen LogP contribution in [0.2, 0.25) is 0 Å². The summed E-state index contributed by atoms with van der Waals surface area (Å²) in [5, 5.41) is 3.94. The largest absolute Gasteiger partial charge is 0.496 e. The van der Waals surface area contributed by atoms with Gasteiger partial charge in [-0.15, -0.1) is 0 Å². The molecule has 1 fully saturated rings. The van der Waals surface area contributed by atoms with Gasteiger partial charge in [0.2, 0.25) is 0 Å². The monoisotopic (exact) mass is 334 g/mol. The maximum Gasteiger partial charge on any atom is 0.122 e. The zero-order chi connectivity index (χ0) is 16.1. The maximum absolute atomic E-state index is 5.63. The Kier molecular flexibility index (Phi) is 5.89. The summed E-state index contributed by atoms with van der Waals surface area (Å²) in [5.41, 5.74) is 3.16. The average molecular weight is 335 g/mol. The van der Waals surface area contributed by atoms with Crippen molar-refractivity contribution in [2.45, 2.75) is 51.0 Å². The van der Waals surface area contributed by atoms with Gasteiger partial charge in [-0.1, -0.05) is 37.4 Å². The Labute approximate surface area is 145 Å². The molecular weight excluding hydrogens is 304 g/mol. The van der Waals surface area contributed by atoms with Gasteiger partial charge in [-0.25, -0.2) is 4.31 Å². The van der Waals surface area contributed by atoms with Crippen molar-refractivity contribution in [3.8, 4) is 5.75 Å². The molecule has 1 N–H and O–H groups in total. The Morgan fingerprint density at radius 3 is 3.04 bits per heavy atom. The second-order valence-corrected chi connectivity index (χ2v) is 8.03. The SMILES string of the molecule is CCCC1(NCCN2CCCS2)CCc2cccc(OC)c2C1. The number of methoxy groups -OCH3 is 1. The molecule has 1 aliphatic carbocycles. The van der Waals surface area contributed by atoms with Crippen molar-refractivity contribution in [1.29, 1.82) is 0 Å². The van der Waals surface area contributed by atoms with Gasteiger partial charge in [0.1, 0.15) is 5.75 Å². The number of nitrogens with zero attached hydrogens (tertiary/aromatic N) is 1. The van der Waals surface area contributed by atoms with Gasteiger partial charge in [-0.05, 0) is 49.3 Å². The van der Waals surface area contributed by atoms with Crippen LogP contribution in [-0.4, -0.2) is 42.3 Å². The van der Waals surface area contributed by atoms with Gasteiger partial charge in [0.05, 0.1) is 7.11 Å². The van der Waals surface area contributed by atoms with Gasteiger partial charge in [0, 0.05) is 30.9 Å². The minimum atomic E-state index is 0.251. The molecule has 0 aromatic heterocycles. The predicted octanol–water partition coefficient (Wildman–Crippen LogP) is 3.67. The second-order valence-electron chi connectivity index (χ2n) is 6.85. The third kappa shape index (κ3) is 4.04. The van der Waals surface area contributed by atoms with Crippen molar-refractivity contribution < 1.29 is 4.74 Å². The first kappa shape index (κ1) is 17.1. The van der Waals surface area contributed by atoms with Gasteiger partial charge in [0.15, 0.2) is 0 Å². The minimum absolute atomic E-state index is 0.251. The lowest BCUT2D eigenvalue weighted by atomic mass is 9.75. The molecule has 1 saturated heterocycles. The van der Waals surface area contributed by atoms with E-state index >= 15 is 0 Å². The summed E-state index contributed by atoms with van der Waals surface area (Å²) in [5.74, 6) is 2.37. The van der Waals surface area contributed by atoms with E-state index in [9.17, 15) is 0 Å². The van der Waals surface area contributed by atoms with Crippen LogP contribution in [-0.2, 0) is 12.8 Å². The zero-order valence-electron chi connectivity index (χ0n) is 14.6. The number of hydrogen-bond acceptors (Lipinski definition) is 4. The molecule has 1 atom stereocenters. The summed E-state index contributed by atoms with van der Waals surface area (Å²) in [7, 11) is 1.80. The van der Waals surface area contributed by atoms with Crippen LogP contribution in [0.1, 0.15) is 43.7 Å². The molecule has 23 heavy (non-hydrogen) atoms. The first-order chi connectivity index (χ1) is 11.3. The highest BCUT2D eigenvalue weighted by molar-refractivity contribution is 7.97. The van der Waals surface area contributed by atoms with E-state index in [0.29, 0.717) is 0 Å². The van der Waals surface area contributed by atoms with Crippen molar-refractivity contribution in [1.82, 2.24) is 9.62 Å². The van der Waals surface area contributed by atoms with Gasteiger partial charge < -0.3 is 10.1 Å². The highest BCUT2D eigenvalue weighted by Gasteiger charge is 2.34. The molecule has 1 aromatic carbocycles. The predicted molar refractivity (Wildman–Crippen MR) is 99.3 cm³/mol. The first-order valence-corrected chi connectivity index (χ1v) is 9.98. The topological polar surface area (TPSA) is 24.5 Å². The Hall–Kier alpha value is -0.710. The number of aryl methyl sites for hydroxylation is 1. The molecule has 0 bridgehead atoms. The zero-order valence-corrected chi connectivity index (χ0v) is 15.4. The third-order valence-corrected chi connectivity index (χ3v) is 6.46. The Morgan fingerprint density at radius 2 is 2.30 bits per heavy atom. The Balaban J connectivity index is 1.68. The molecule has 1 heterocycles. The normalized spacial score (nSPS) is 24.6. The van der Waals surface area contributed by atoms with Crippen LogP contribution >= 0.6 is 11.9 Å². The molecule has 0 amide bonds. The molecule has 128 valence electrons. The number of benzene rings is 1. The lowest BCUT2D eigenvalue weighted by Gasteiger charge is -2.40. The summed E-state index contributed by atoms with van der Waals surface area (Å²) in [6.45, 7) is 5.81. The minimum Gasteiger partial charge on any atom is -0.496 e. The smallest absolute Gasteiger partial charge is 0.122 e. The number of fused-ring (bicyclic) bond motifs is 1. The molecule has 3 rings (SSSR count). The first-order valence-electron chi connectivity index (χ1n) is 9.04. The quantitative estimate of drug-likeness (QED) is 0.769. The van der Waals surface area contributed by atoms with E-state index < -0.39 is 0 Å². The van der Waals surface area contributed by atoms with E-state index in [2.05, 4.69) is 34.7 Å². The van der Waals surface area contributed by atoms with E-state index in [-0.39, 0.29) is 5.54 Å². The van der Waals surface area contributed by atoms with Crippen LogP contribution in [0.3, 0.4) is 0 Å². The third-order valence-electron chi connectivity index (χ3n) is 5.25. The van der Waals surface area contributed by atoms with Crippen molar-refractivity contribution >= 4 is 11.9 Å². The van der Waals surface area contributed by atoms with Crippen molar-refractivity contribution in [3.05, 3.63) is 29.3 Å². The standard InChI is InChI=1S/C19H30N2OS/c1-3-9-19(20-11-13-21-12-5-14-23-21)10-8-16-6-4-7-18(22-2)17(16)15-19/h4,6-7,20H,3,5,8-15H2,1-2H3. The van der Waals surface area contributed by atoms with Gasteiger partial charge in [0.25, 0.3) is 0 Å². The van der Waals surface area contributed by atoms with Crippen LogP contribution in [0.5, 0.6) is 5.75 Å². The molecule has 0 radical (unpaired) electrons. The van der Waals surface area contributed by atoms with Crippen molar-refractivity contribution in [3.63, 3.8) is 0 Å². The maximum atomic E-state index is 5.63. The summed E-state index contributed by atoms with van der Waals surface area (Å²) in [6, 6.07) is 6.51. The van der Waals surface area contributed by atoms with Crippen molar-refractivity contribution in [2.24, 2.45) is 0 Å². The van der Waals surface area contributed by atoms with Gasteiger partial charge in [-0.3, -0.25) is 0 Å². The molecule has 1 aromatic rings. The van der Waals surface area contributed by atoms with Crippen LogP contribution < -0.4 is 10.1 Å². The Bertz CT molecular complexity index is 502. The van der Waals surface area contributed by atoms with Crippen molar-refractivity contribution in [2.75, 3.05) is 32.5 Å². The fourth-order valence-corrected chi connectivity index (χ4v) is 5.09. The highest BCUT2D eigenvalue weighted by Crippen LogP contribution is 2.36. The summed E-state index contributed by atoms with van der Waals surface area (Å²) >= 11 is 2.01. The molecule has 1 unspecified atom stereocenters. The second kappa shape index (κ2) is 7.91. The number of nitrogens with one attached hydrogen (secondary N) is 1. The van der Waals surface area contributed by atoms with E-state index in [1.54, 1.807) is 7.11 Å². The lowest BCUT2D eigenvalue weighted by molar-refractivity contribution is 0.253. The highest BCUT2D eigenvalue weighted by atomic mass is 32.2. The van der Waals surface area contributed by atoms with Crippen LogP contribution in [0, 0.1) is 0 Å². The van der Waals surface area contributed by atoms with Crippen LogP contribution in [0.4, 0.5) is 0 Å². The Morgan fingerprint density at radius 1 is 1.39 bits per heavy atom. The van der Waals surface area contributed by atoms with E-state index in [4.69, 9.17) is 4.74 Å². The number of ether oxygens (including phenoxy) is 1. The lowest BCUT2D eigenvalue weighted by Crippen LogP contribution is -2.51. The fourth-order valence-electron chi connectivity index (χ4n) is 4.09. The summed E-state index contributed by atoms with van der Waals surface area (Å²) in [6.07, 6.45) is 7.34. The van der Waals surface area contributed by atoms with E-state index in [1.807, 2.05) is 11.9 Å². The molecule has 0 saturated carbocycles. The molecule has 3 nitrogen and oxygen atoms in total. The van der Waals surface area contributed by atoms with Crippen LogP contribution in [0.25, 0.3) is 0 Å². The number of hydrogen-bond donors (Lipinski definition) is 1. The molecule has 4 heteroatoms. The fraction of sp³-hybridized carbons (Fsp3) is 0.684. The molecule has 0 spiro atoms. The molecule has 1 aliphatic heterocycles. The van der Waals surface area contributed by atoms with Gasteiger partial charge in [-0.2, -0.15) is 0 Å². The molecular formula is C19H30N2OS.